The highest BCUT2D eigenvalue weighted by molar-refractivity contribution is 5.55. The highest BCUT2D eigenvalue weighted by Gasteiger charge is 2.35. The van der Waals surface area contributed by atoms with Crippen LogP contribution in [0.1, 0.15) is 58.1 Å². The summed E-state index contributed by atoms with van der Waals surface area (Å²) in [6.07, 6.45) is 5.22. The van der Waals surface area contributed by atoms with Crippen LogP contribution in [-0.4, -0.2) is 55.1 Å². The molecule has 3 rings (SSSR count). The van der Waals surface area contributed by atoms with Gasteiger partial charge in [-0.25, -0.2) is 0 Å². The topological polar surface area (TPSA) is 9.72 Å². The van der Waals surface area contributed by atoms with E-state index in [4.69, 9.17) is 0 Å². The van der Waals surface area contributed by atoms with Crippen molar-refractivity contribution in [3.8, 4) is 0 Å². The summed E-state index contributed by atoms with van der Waals surface area (Å²) < 4.78 is 0. The van der Waals surface area contributed by atoms with Crippen LogP contribution in [0.2, 0.25) is 0 Å². The lowest BCUT2D eigenvalue weighted by Gasteiger charge is -2.41. The Labute approximate surface area is 148 Å². The molecule has 2 aliphatic heterocycles. The monoisotopic (exact) mass is 329 g/mol. The highest BCUT2D eigenvalue weighted by atomic mass is 15.2. The molecule has 0 N–H and O–H groups in total. The smallest absolute Gasteiger partial charge is 0.0415 e. The van der Waals surface area contributed by atoms with Crippen molar-refractivity contribution in [2.24, 2.45) is 0 Å². The largest absolute Gasteiger partial charge is 0.370 e. The fraction of sp³-hybridized carbons (Fsp3) is 0.714. The predicted octanol–water partition coefficient (Wildman–Crippen LogP) is 4.15. The maximum Gasteiger partial charge on any atom is 0.0415 e. The molecule has 0 saturated carbocycles. The van der Waals surface area contributed by atoms with Crippen LogP contribution in [0.4, 0.5) is 5.69 Å². The van der Waals surface area contributed by atoms with Crippen molar-refractivity contribution in [1.82, 2.24) is 9.80 Å². The molecule has 3 nitrogen and oxygen atoms in total. The van der Waals surface area contributed by atoms with E-state index in [0.717, 1.165) is 0 Å². The average Bonchev–Trinajstić information content (AvgIpc) is 3.04. The summed E-state index contributed by atoms with van der Waals surface area (Å²) in [5.41, 5.74) is 3.21. The Morgan fingerprint density at radius 3 is 2.46 bits per heavy atom. The van der Waals surface area contributed by atoms with Gasteiger partial charge >= 0.3 is 0 Å². The van der Waals surface area contributed by atoms with E-state index < -0.39 is 0 Å². The first-order valence-corrected chi connectivity index (χ1v) is 9.65. The minimum Gasteiger partial charge on any atom is -0.370 e. The van der Waals surface area contributed by atoms with Gasteiger partial charge in [0.15, 0.2) is 0 Å². The summed E-state index contributed by atoms with van der Waals surface area (Å²) in [6, 6.07) is 10.3. The standard InChI is InChI=1S/C21H35N3/c1-21(2,3)24-15-9-13-20(24)18-11-6-7-12-19(18)23(5)17-10-8-14-22(4)16-17/h6-7,11-12,17,20H,8-10,13-16H2,1-5H3. The first kappa shape index (κ1) is 17.8. The van der Waals surface area contributed by atoms with Crippen molar-refractivity contribution in [3.63, 3.8) is 0 Å². The van der Waals surface area contributed by atoms with Gasteiger partial charge in [0.05, 0.1) is 0 Å². The second-order valence-corrected chi connectivity index (χ2v) is 8.75. The molecule has 0 radical (unpaired) electrons. The number of likely N-dealkylation sites (tertiary alicyclic amines) is 2. The van der Waals surface area contributed by atoms with Crippen molar-refractivity contribution < 1.29 is 0 Å². The Balaban J connectivity index is 1.87. The molecule has 2 fully saturated rings. The maximum atomic E-state index is 2.70. The van der Waals surface area contributed by atoms with Gasteiger partial charge in [-0.15, -0.1) is 0 Å². The van der Waals surface area contributed by atoms with Gasteiger partial charge < -0.3 is 9.80 Å². The van der Waals surface area contributed by atoms with Crippen LogP contribution < -0.4 is 4.90 Å². The Kier molecular flexibility index (Phi) is 5.22. The SMILES string of the molecule is CN1CCCC(N(C)c2ccccc2C2CCCN2C(C)(C)C)C1. The van der Waals surface area contributed by atoms with Gasteiger partial charge in [0, 0.05) is 36.9 Å². The third kappa shape index (κ3) is 3.62. The van der Waals surface area contributed by atoms with E-state index in [-0.39, 0.29) is 5.54 Å². The van der Waals surface area contributed by atoms with E-state index in [1.165, 1.54) is 56.6 Å². The minimum atomic E-state index is 0.234. The molecular weight excluding hydrogens is 294 g/mol. The molecule has 1 aromatic rings. The molecule has 0 spiro atoms. The van der Waals surface area contributed by atoms with Gasteiger partial charge in [-0.2, -0.15) is 0 Å². The zero-order valence-corrected chi connectivity index (χ0v) is 16.3. The quantitative estimate of drug-likeness (QED) is 0.825. The fourth-order valence-corrected chi connectivity index (χ4v) is 4.64. The van der Waals surface area contributed by atoms with Crippen LogP contribution in [0.5, 0.6) is 0 Å². The number of anilines is 1. The normalized spacial score (nSPS) is 26.7. The van der Waals surface area contributed by atoms with Crippen LogP contribution in [0.25, 0.3) is 0 Å². The molecule has 2 saturated heterocycles. The Morgan fingerprint density at radius 1 is 1.04 bits per heavy atom. The van der Waals surface area contributed by atoms with Gasteiger partial charge in [-0.1, -0.05) is 18.2 Å². The fourth-order valence-electron chi connectivity index (χ4n) is 4.64. The van der Waals surface area contributed by atoms with E-state index in [2.05, 4.69) is 73.8 Å². The van der Waals surface area contributed by atoms with Crippen LogP contribution in [0.15, 0.2) is 24.3 Å². The second kappa shape index (κ2) is 7.05. The lowest BCUT2D eigenvalue weighted by Crippen LogP contribution is -2.46. The molecule has 3 heteroatoms. The van der Waals surface area contributed by atoms with Crippen molar-refractivity contribution in [2.45, 2.75) is 64.1 Å². The van der Waals surface area contributed by atoms with Gasteiger partial charge in [0.2, 0.25) is 0 Å². The molecule has 0 aromatic heterocycles. The van der Waals surface area contributed by atoms with Crippen LogP contribution >= 0.6 is 0 Å². The third-order valence-electron chi connectivity index (χ3n) is 5.94. The number of hydrogen-bond acceptors (Lipinski definition) is 3. The van der Waals surface area contributed by atoms with Crippen LogP contribution in [-0.2, 0) is 0 Å². The van der Waals surface area contributed by atoms with Gasteiger partial charge in [-0.05, 0) is 78.2 Å². The van der Waals surface area contributed by atoms with Gasteiger partial charge in [0.25, 0.3) is 0 Å². The van der Waals surface area contributed by atoms with Crippen molar-refractivity contribution >= 4 is 5.69 Å². The van der Waals surface area contributed by atoms with E-state index >= 15 is 0 Å². The number of rotatable bonds is 3. The Hall–Kier alpha value is -1.06. The summed E-state index contributed by atoms with van der Waals surface area (Å²) >= 11 is 0. The van der Waals surface area contributed by atoms with Crippen molar-refractivity contribution in [2.75, 3.05) is 38.6 Å². The Bertz CT molecular complexity index is 548. The summed E-state index contributed by atoms with van der Waals surface area (Å²) in [4.78, 5) is 7.74. The predicted molar refractivity (Wildman–Crippen MR) is 104 cm³/mol. The number of para-hydroxylation sites is 1. The van der Waals surface area contributed by atoms with Crippen LogP contribution in [0.3, 0.4) is 0 Å². The summed E-state index contributed by atoms with van der Waals surface area (Å²) in [7, 11) is 4.56. The number of likely N-dealkylation sites (N-methyl/N-ethyl adjacent to an activating group) is 2. The number of benzene rings is 1. The Morgan fingerprint density at radius 2 is 1.75 bits per heavy atom. The second-order valence-electron chi connectivity index (χ2n) is 8.75. The zero-order valence-electron chi connectivity index (χ0n) is 16.3. The molecule has 0 aliphatic carbocycles. The summed E-state index contributed by atoms with van der Waals surface area (Å²) in [5, 5.41) is 0. The molecule has 0 amide bonds. The molecule has 1 aromatic carbocycles. The van der Waals surface area contributed by atoms with Gasteiger partial charge in [0.1, 0.15) is 0 Å². The lowest BCUT2D eigenvalue weighted by molar-refractivity contribution is 0.122. The lowest BCUT2D eigenvalue weighted by atomic mass is 9.96. The number of hydrogen-bond donors (Lipinski definition) is 0. The van der Waals surface area contributed by atoms with E-state index in [1.807, 2.05) is 0 Å². The average molecular weight is 330 g/mol. The first-order valence-electron chi connectivity index (χ1n) is 9.65. The highest BCUT2D eigenvalue weighted by Crippen LogP contribution is 2.41. The first-order chi connectivity index (χ1) is 11.4. The van der Waals surface area contributed by atoms with Crippen molar-refractivity contribution in [1.29, 1.82) is 0 Å². The summed E-state index contributed by atoms with van der Waals surface area (Å²) in [6.45, 7) is 10.7. The number of piperidine rings is 1. The molecule has 2 unspecified atom stereocenters. The minimum absolute atomic E-state index is 0.234. The zero-order chi connectivity index (χ0) is 17.3. The van der Waals surface area contributed by atoms with E-state index in [0.29, 0.717) is 12.1 Å². The van der Waals surface area contributed by atoms with E-state index in [1.54, 1.807) is 0 Å². The molecule has 134 valence electrons. The van der Waals surface area contributed by atoms with Crippen molar-refractivity contribution in [3.05, 3.63) is 29.8 Å². The molecular formula is C21H35N3. The number of nitrogens with zero attached hydrogens (tertiary/aromatic N) is 3. The molecule has 2 heterocycles. The third-order valence-corrected chi connectivity index (χ3v) is 5.94. The van der Waals surface area contributed by atoms with Crippen LogP contribution in [0, 0.1) is 0 Å². The molecule has 24 heavy (non-hydrogen) atoms. The van der Waals surface area contributed by atoms with Gasteiger partial charge in [-0.3, -0.25) is 4.90 Å². The molecule has 0 bridgehead atoms. The van der Waals surface area contributed by atoms with E-state index in [9.17, 15) is 0 Å². The maximum absolute atomic E-state index is 2.70. The summed E-state index contributed by atoms with van der Waals surface area (Å²) in [5.74, 6) is 0. The molecule has 2 atom stereocenters. The molecule has 2 aliphatic rings.